The van der Waals surface area contributed by atoms with E-state index in [0.717, 1.165) is 25.0 Å². The fourth-order valence-corrected chi connectivity index (χ4v) is 3.81. The highest BCUT2D eigenvalue weighted by Gasteiger charge is 2.20. The van der Waals surface area contributed by atoms with Crippen molar-refractivity contribution < 1.29 is 9.32 Å². The lowest BCUT2D eigenvalue weighted by molar-refractivity contribution is 0.204. The summed E-state index contributed by atoms with van der Waals surface area (Å²) < 4.78 is 5.20. The summed E-state index contributed by atoms with van der Waals surface area (Å²) >= 11 is 1.65. The Kier molecular flexibility index (Phi) is 4.70. The zero-order valence-corrected chi connectivity index (χ0v) is 15.3. The van der Waals surface area contributed by atoms with E-state index in [2.05, 4.69) is 25.7 Å². The first-order valence-electron chi connectivity index (χ1n) is 8.57. The first-order valence-corrected chi connectivity index (χ1v) is 9.45. The number of aromatic amines is 1. The number of hydrogen-bond donors (Lipinski definition) is 2. The van der Waals surface area contributed by atoms with Crippen molar-refractivity contribution >= 4 is 17.4 Å². The fraction of sp³-hybridized carbons (Fsp3) is 0.412. The number of nitrogens with zero attached hydrogens (tertiary/aromatic N) is 4. The Morgan fingerprint density at radius 1 is 1.46 bits per heavy atom. The molecule has 1 aliphatic rings. The third kappa shape index (κ3) is 3.62. The standard InChI is InChI=1S/C17H20N6O2S/c1-23(10-14-12-5-2-6-13(12)20-21-14)17(24)18-9-16-19-15(22-25-16)8-11-4-3-7-26-11/h3-4,7H,2,5-6,8-10H2,1H3,(H,18,24)(H,20,21). The van der Waals surface area contributed by atoms with Gasteiger partial charge in [0.1, 0.15) is 0 Å². The van der Waals surface area contributed by atoms with Crippen LogP contribution < -0.4 is 5.32 Å². The summed E-state index contributed by atoms with van der Waals surface area (Å²) in [5.74, 6) is 1.02. The molecule has 3 aromatic heterocycles. The van der Waals surface area contributed by atoms with Gasteiger partial charge in [0.05, 0.1) is 18.8 Å². The van der Waals surface area contributed by atoms with Crippen molar-refractivity contribution in [2.75, 3.05) is 7.05 Å². The average Bonchev–Trinajstić information content (AvgIpc) is 3.40. The number of rotatable bonds is 6. The van der Waals surface area contributed by atoms with Gasteiger partial charge in [-0.3, -0.25) is 5.10 Å². The number of fused-ring (bicyclic) bond motifs is 1. The van der Waals surface area contributed by atoms with Crippen LogP contribution in [0.2, 0.25) is 0 Å². The second kappa shape index (κ2) is 7.28. The van der Waals surface area contributed by atoms with Crippen LogP contribution in [-0.2, 0) is 32.4 Å². The molecule has 2 amide bonds. The molecule has 0 saturated heterocycles. The Bertz CT molecular complexity index is 885. The van der Waals surface area contributed by atoms with Gasteiger partial charge in [-0.2, -0.15) is 10.1 Å². The van der Waals surface area contributed by atoms with E-state index >= 15 is 0 Å². The molecule has 1 aliphatic carbocycles. The molecule has 0 atom stereocenters. The van der Waals surface area contributed by atoms with Gasteiger partial charge in [-0.05, 0) is 36.3 Å². The molecule has 136 valence electrons. The van der Waals surface area contributed by atoms with E-state index in [0.29, 0.717) is 24.7 Å². The molecule has 4 rings (SSSR count). The van der Waals surface area contributed by atoms with Gasteiger partial charge in [-0.25, -0.2) is 4.79 Å². The normalized spacial score (nSPS) is 13.0. The molecule has 0 radical (unpaired) electrons. The maximum absolute atomic E-state index is 12.3. The summed E-state index contributed by atoms with van der Waals surface area (Å²) in [4.78, 5) is 19.4. The number of aromatic nitrogens is 4. The zero-order valence-electron chi connectivity index (χ0n) is 14.5. The van der Waals surface area contributed by atoms with Crippen molar-refractivity contribution in [3.63, 3.8) is 0 Å². The average molecular weight is 372 g/mol. The molecule has 0 aromatic carbocycles. The summed E-state index contributed by atoms with van der Waals surface area (Å²) in [6, 6.07) is 3.83. The van der Waals surface area contributed by atoms with Crippen molar-refractivity contribution in [3.8, 4) is 0 Å². The van der Waals surface area contributed by atoms with Crippen LogP contribution in [0, 0.1) is 0 Å². The highest BCUT2D eigenvalue weighted by molar-refractivity contribution is 7.09. The van der Waals surface area contributed by atoms with Gasteiger partial charge in [0.25, 0.3) is 0 Å². The largest absolute Gasteiger partial charge is 0.337 e. The van der Waals surface area contributed by atoms with Crippen molar-refractivity contribution in [1.82, 2.24) is 30.6 Å². The Balaban J connectivity index is 1.28. The molecule has 0 fully saturated rings. The van der Waals surface area contributed by atoms with E-state index in [-0.39, 0.29) is 12.6 Å². The van der Waals surface area contributed by atoms with Gasteiger partial charge in [0.15, 0.2) is 5.82 Å². The number of hydrogen-bond acceptors (Lipinski definition) is 6. The SMILES string of the molecule is CN(Cc1n[nH]c2c1CCC2)C(=O)NCc1nc(Cc2cccs2)no1. The number of H-pyrrole nitrogens is 1. The second-order valence-corrected chi connectivity index (χ2v) is 7.39. The first kappa shape index (κ1) is 16.8. The predicted octanol–water partition coefficient (Wildman–Crippen LogP) is 2.28. The number of nitrogens with one attached hydrogen (secondary N) is 2. The topological polar surface area (TPSA) is 99.9 Å². The van der Waals surface area contributed by atoms with Crippen molar-refractivity contribution in [3.05, 3.63) is 51.1 Å². The van der Waals surface area contributed by atoms with E-state index in [4.69, 9.17) is 4.52 Å². The Labute approximate surface area is 154 Å². The molecule has 0 saturated carbocycles. The lowest BCUT2D eigenvalue weighted by Crippen LogP contribution is -2.36. The van der Waals surface area contributed by atoms with E-state index < -0.39 is 0 Å². The van der Waals surface area contributed by atoms with Crippen LogP contribution >= 0.6 is 11.3 Å². The summed E-state index contributed by atoms with van der Waals surface area (Å²) in [7, 11) is 1.75. The van der Waals surface area contributed by atoms with Crippen molar-refractivity contribution in [1.29, 1.82) is 0 Å². The van der Waals surface area contributed by atoms with Crippen LogP contribution in [0.25, 0.3) is 0 Å². The summed E-state index contributed by atoms with van der Waals surface area (Å²) in [5.41, 5.74) is 3.42. The lowest BCUT2D eigenvalue weighted by Gasteiger charge is -2.16. The molecule has 0 spiro atoms. The first-order chi connectivity index (χ1) is 12.7. The highest BCUT2D eigenvalue weighted by Crippen LogP contribution is 2.23. The Hall–Kier alpha value is -2.68. The van der Waals surface area contributed by atoms with E-state index in [1.807, 2.05) is 17.5 Å². The summed E-state index contributed by atoms with van der Waals surface area (Å²) in [6.45, 7) is 0.685. The maximum atomic E-state index is 12.3. The van der Waals surface area contributed by atoms with E-state index in [1.54, 1.807) is 23.3 Å². The van der Waals surface area contributed by atoms with Crippen LogP contribution in [0.3, 0.4) is 0 Å². The van der Waals surface area contributed by atoms with Gasteiger partial charge >= 0.3 is 6.03 Å². The van der Waals surface area contributed by atoms with E-state index in [9.17, 15) is 4.79 Å². The predicted molar refractivity (Wildman–Crippen MR) is 95.7 cm³/mol. The molecule has 3 heterocycles. The van der Waals surface area contributed by atoms with Crippen LogP contribution in [0.5, 0.6) is 0 Å². The maximum Gasteiger partial charge on any atom is 0.317 e. The van der Waals surface area contributed by atoms with Gasteiger partial charge in [-0.1, -0.05) is 11.2 Å². The van der Waals surface area contributed by atoms with E-state index in [1.165, 1.54) is 16.1 Å². The van der Waals surface area contributed by atoms with Gasteiger partial charge < -0.3 is 14.7 Å². The molecule has 0 unspecified atom stereocenters. The Morgan fingerprint density at radius 3 is 3.23 bits per heavy atom. The van der Waals surface area contributed by atoms with Crippen molar-refractivity contribution in [2.45, 2.75) is 38.8 Å². The van der Waals surface area contributed by atoms with Crippen LogP contribution in [0.1, 0.15) is 40.0 Å². The van der Waals surface area contributed by atoms with Crippen LogP contribution in [0.4, 0.5) is 4.79 Å². The summed E-state index contributed by atoms with van der Waals surface area (Å²) in [6.07, 6.45) is 3.87. The molecule has 0 aliphatic heterocycles. The molecular weight excluding hydrogens is 352 g/mol. The lowest BCUT2D eigenvalue weighted by atomic mass is 10.2. The molecule has 9 heteroatoms. The number of urea groups is 1. The molecular formula is C17H20N6O2S. The highest BCUT2D eigenvalue weighted by atomic mass is 32.1. The molecule has 26 heavy (non-hydrogen) atoms. The molecule has 2 N–H and O–H groups in total. The van der Waals surface area contributed by atoms with Crippen LogP contribution in [0.15, 0.2) is 22.0 Å². The number of amides is 2. The smallest absolute Gasteiger partial charge is 0.317 e. The molecule has 0 bridgehead atoms. The minimum Gasteiger partial charge on any atom is -0.337 e. The van der Waals surface area contributed by atoms with Crippen molar-refractivity contribution in [2.24, 2.45) is 0 Å². The number of carbonyl (C=O) groups is 1. The number of thiophene rings is 1. The molecule has 3 aromatic rings. The fourth-order valence-electron chi connectivity index (χ4n) is 3.10. The van der Waals surface area contributed by atoms with Gasteiger partial charge in [-0.15, -0.1) is 11.3 Å². The Morgan fingerprint density at radius 2 is 2.38 bits per heavy atom. The zero-order chi connectivity index (χ0) is 17.9. The third-order valence-electron chi connectivity index (χ3n) is 4.44. The third-order valence-corrected chi connectivity index (χ3v) is 5.32. The van der Waals surface area contributed by atoms with Gasteiger partial charge in [0.2, 0.25) is 5.89 Å². The summed E-state index contributed by atoms with van der Waals surface area (Å²) in [5, 5.41) is 16.2. The monoisotopic (exact) mass is 372 g/mol. The molecule has 8 nitrogen and oxygen atoms in total. The second-order valence-electron chi connectivity index (χ2n) is 6.36. The minimum absolute atomic E-state index is 0.197. The number of carbonyl (C=O) groups excluding carboxylic acids is 1. The number of aryl methyl sites for hydroxylation is 1. The van der Waals surface area contributed by atoms with Crippen LogP contribution in [-0.4, -0.2) is 38.3 Å². The van der Waals surface area contributed by atoms with Gasteiger partial charge in [0, 0.05) is 24.0 Å². The quantitative estimate of drug-likeness (QED) is 0.691. The minimum atomic E-state index is -0.197.